The van der Waals surface area contributed by atoms with Crippen LogP contribution in [0.1, 0.15) is 100 Å². The van der Waals surface area contributed by atoms with E-state index in [0.717, 1.165) is 5.69 Å². The van der Waals surface area contributed by atoms with E-state index in [0.29, 0.717) is 0 Å². The third-order valence-corrected chi connectivity index (χ3v) is 14.8. The summed E-state index contributed by atoms with van der Waals surface area (Å²) in [5, 5.41) is 6.65. The van der Waals surface area contributed by atoms with Crippen molar-refractivity contribution in [2.45, 2.75) is 83.0 Å². The highest BCUT2D eigenvalue weighted by Gasteiger charge is 2.55. The van der Waals surface area contributed by atoms with Crippen molar-refractivity contribution in [1.29, 1.82) is 0 Å². The highest BCUT2D eigenvalue weighted by Crippen LogP contribution is 2.68. The maximum Gasteiger partial charge on any atom is 0.197 e. The number of nitrogens with zero attached hydrogens (tertiary/aromatic N) is 1. The largest absolute Gasteiger partial charge is 0.355 e. The summed E-state index contributed by atoms with van der Waals surface area (Å²) in [4.78, 5) is 2.73. The number of anilines is 5. The molecule has 1 atom stereocenters. The van der Waals surface area contributed by atoms with Gasteiger partial charge in [0.25, 0.3) is 0 Å². The SMILES string of the molecule is CC1(C)CCC(C)(C)c2cc(-c3cc4c5c6c3[B]c3cccc7c3N6c3c(cc6ccccc6c3C5(C)c3ccccc3-4)C7(C)C)c(Nc3ccccc3)cc21. The first-order valence-corrected chi connectivity index (χ1v) is 20.6. The Bertz CT molecular complexity index is 2910. The van der Waals surface area contributed by atoms with Gasteiger partial charge in [0.2, 0.25) is 0 Å². The summed E-state index contributed by atoms with van der Waals surface area (Å²) >= 11 is 0. The van der Waals surface area contributed by atoms with Crippen LogP contribution in [0.25, 0.3) is 33.0 Å². The van der Waals surface area contributed by atoms with Crippen LogP contribution in [-0.4, -0.2) is 7.28 Å². The van der Waals surface area contributed by atoms with Crippen LogP contribution in [-0.2, 0) is 21.7 Å². The Balaban J connectivity index is 1.25. The molecular weight excluding hydrogens is 675 g/mol. The van der Waals surface area contributed by atoms with Gasteiger partial charge in [0, 0.05) is 39.1 Å². The molecule has 1 radical (unpaired) electrons. The van der Waals surface area contributed by atoms with E-state index in [1.165, 1.54) is 118 Å². The average Bonchev–Trinajstić information content (AvgIpc) is 3.46. The predicted molar refractivity (Wildman–Crippen MR) is 237 cm³/mol. The van der Waals surface area contributed by atoms with Crippen LogP contribution in [0, 0.1) is 0 Å². The van der Waals surface area contributed by atoms with Gasteiger partial charge in [-0.25, -0.2) is 0 Å². The summed E-state index contributed by atoms with van der Waals surface area (Å²) in [6.07, 6.45) is 2.35. The Morgan fingerprint density at radius 1 is 0.518 bits per heavy atom. The molecule has 2 nitrogen and oxygen atoms in total. The van der Waals surface area contributed by atoms with Gasteiger partial charge in [0.15, 0.2) is 7.28 Å². The monoisotopic (exact) mass is 721 g/mol. The van der Waals surface area contributed by atoms with Crippen LogP contribution >= 0.6 is 0 Å². The van der Waals surface area contributed by atoms with Gasteiger partial charge in [-0.2, -0.15) is 0 Å². The molecule has 0 fully saturated rings. The number of para-hydroxylation sites is 2. The molecule has 12 rings (SSSR count). The van der Waals surface area contributed by atoms with Crippen molar-refractivity contribution in [2.24, 2.45) is 0 Å². The van der Waals surface area contributed by atoms with E-state index in [4.69, 9.17) is 0 Å². The molecule has 7 aromatic carbocycles. The van der Waals surface area contributed by atoms with Crippen molar-refractivity contribution in [3.63, 3.8) is 0 Å². The lowest BCUT2D eigenvalue weighted by Crippen LogP contribution is -2.49. The zero-order chi connectivity index (χ0) is 38.1. The molecule has 5 aliphatic rings. The second kappa shape index (κ2) is 10.4. The van der Waals surface area contributed by atoms with Crippen molar-refractivity contribution in [2.75, 3.05) is 10.2 Å². The van der Waals surface area contributed by atoms with Crippen molar-refractivity contribution < 1.29 is 0 Å². The lowest BCUT2D eigenvalue weighted by molar-refractivity contribution is 0.332. The van der Waals surface area contributed by atoms with Crippen molar-refractivity contribution >= 4 is 57.4 Å². The zero-order valence-electron chi connectivity index (χ0n) is 33.5. The molecule has 1 unspecified atom stereocenters. The number of benzene rings is 7. The number of hydrogen-bond donors (Lipinski definition) is 1. The summed E-state index contributed by atoms with van der Waals surface area (Å²) in [5.74, 6) is 0. The molecule has 0 aromatic heterocycles. The van der Waals surface area contributed by atoms with E-state index in [2.05, 4.69) is 187 Å². The van der Waals surface area contributed by atoms with Gasteiger partial charge in [-0.05, 0) is 139 Å². The van der Waals surface area contributed by atoms with E-state index >= 15 is 0 Å². The molecule has 0 amide bonds. The lowest BCUT2D eigenvalue weighted by Gasteiger charge is -2.53. The zero-order valence-corrected chi connectivity index (χ0v) is 33.5. The fourth-order valence-electron chi connectivity index (χ4n) is 11.8. The Kier molecular flexibility index (Phi) is 6.10. The van der Waals surface area contributed by atoms with E-state index in [1.54, 1.807) is 0 Å². The van der Waals surface area contributed by atoms with Crippen LogP contribution in [0.15, 0.2) is 121 Å². The summed E-state index contributed by atoms with van der Waals surface area (Å²) in [5.41, 5.74) is 24.0. The normalized spacial score (nSPS) is 20.2. The highest BCUT2D eigenvalue weighted by molar-refractivity contribution is 6.73. The highest BCUT2D eigenvalue weighted by atomic mass is 15.2. The van der Waals surface area contributed by atoms with Gasteiger partial charge in [0.05, 0.1) is 5.69 Å². The van der Waals surface area contributed by atoms with Gasteiger partial charge in [-0.15, -0.1) is 0 Å². The standard InChI is InChI=1S/C53H46BN2/c1-50(2)24-25-51(3,4)40-29-43(55-31-17-9-8-10-18-31)34(28-39(40)50)36-27-35-33-20-13-14-21-37(33)53(7)44-32-19-12-11-16-30(32)26-41-48(44)56-47-38(52(41,5)6)22-15-23-42(47)54-46(36)49(56)45(35)53/h8-23,26-29,55H,24-25H2,1-7H3. The minimum absolute atomic E-state index is 0.0663. The summed E-state index contributed by atoms with van der Waals surface area (Å²) in [6, 6.07) is 46.4. The molecular formula is C53H46BN2. The molecule has 3 heterocycles. The first-order valence-electron chi connectivity index (χ1n) is 20.6. The fraction of sp³-hybridized carbons (Fsp3) is 0.245. The number of nitrogens with one attached hydrogen (secondary N) is 1. The first-order chi connectivity index (χ1) is 26.9. The first kappa shape index (κ1) is 32.7. The smallest absolute Gasteiger partial charge is 0.197 e. The topological polar surface area (TPSA) is 15.3 Å². The van der Waals surface area contributed by atoms with Gasteiger partial charge in [-0.1, -0.05) is 132 Å². The average molecular weight is 722 g/mol. The number of fused-ring (bicyclic) bond motifs is 7. The third-order valence-electron chi connectivity index (χ3n) is 14.8. The van der Waals surface area contributed by atoms with Crippen LogP contribution in [0.4, 0.5) is 28.4 Å². The molecule has 271 valence electrons. The quantitative estimate of drug-likeness (QED) is 0.183. The Hall–Kier alpha value is -5.54. The molecule has 3 heteroatoms. The molecule has 2 aliphatic carbocycles. The lowest BCUT2D eigenvalue weighted by atomic mass is 9.52. The minimum Gasteiger partial charge on any atom is -0.355 e. The molecule has 56 heavy (non-hydrogen) atoms. The van der Waals surface area contributed by atoms with Gasteiger partial charge < -0.3 is 10.2 Å². The van der Waals surface area contributed by atoms with Crippen molar-refractivity contribution in [3.8, 4) is 22.3 Å². The molecule has 0 spiro atoms. The van der Waals surface area contributed by atoms with Crippen LogP contribution in [0.5, 0.6) is 0 Å². The van der Waals surface area contributed by atoms with Gasteiger partial charge in [0.1, 0.15) is 0 Å². The summed E-state index contributed by atoms with van der Waals surface area (Å²) < 4.78 is 0. The Morgan fingerprint density at radius 3 is 2.02 bits per heavy atom. The molecule has 3 aliphatic heterocycles. The number of hydrogen-bond acceptors (Lipinski definition) is 2. The second-order valence-electron chi connectivity index (χ2n) is 19.2. The number of rotatable bonds is 3. The van der Waals surface area contributed by atoms with Crippen LogP contribution in [0.2, 0.25) is 0 Å². The van der Waals surface area contributed by atoms with E-state index < -0.39 is 0 Å². The molecule has 1 N–H and O–H groups in total. The predicted octanol–water partition coefficient (Wildman–Crippen LogP) is 12.3. The summed E-state index contributed by atoms with van der Waals surface area (Å²) in [6.45, 7) is 17.2. The van der Waals surface area contributed by atoms with E-state index in [1.807, 2.05) is 0 Å². The van der Waals surface area contributed by atoms with Crippen molar-refractivity contribution in [1.82, 2.24) is 0 Å². The Labute approximate surface area is 331 Å². The van der Waals surface area contributed by atoms with E-state index in [-0.39, 0.29) is 21.7 Å². The molecule has 0 saturated carbocycles. The maximum absolute atomic E-state index is 3.98. The Morgan fingerprint density at radius 2 is 1.21 bits per heavy atom. The third kappa shape index (κ3) is 3.89. The second-order valence-corrected chi connectivity index (χ2v) is 19.2. The maximum atomic E-state index is 3.98. The molecule has 0 bridgehead atoms. The van der Waals surface area contributed by atoms with Crippen molar-refractivity contribution in [3.05, 3.63) is 160 Å². The molecule has 7 aromatic rings. The summed E-state index contributed by atoms with van der Waals surface area (Å²) in [7, 11) is 2.54. The van der Waals surface area contributed by atoms with Crippen LogP contribution < -0.4 is 21.1 Å². The minimum atomic E-state index is -0.337. The molecule has 0 saturated heterocycles. The van der Waals surface area contributed by atoms with Gasteiger partial charge in [-0.3, -0.25) is 0 Å². The van der Waals surface area contributed by atoms with Gasteiger partial charge >= 0.3 is 0 Å². The van der Waals surface area contributed by atoms with Crippen LogP contribution in [0.3, 0.4) is 0 Å². The van der Waals surface area contributed by atoms with E-state index in [9.17, 15) is 0 Å². The fourth-order valence-corrected chi connectivity index (χ4v) is 11.8.